The minimum absolute atomic E-state index is 0.505. The van der Waals surface area contributed by atoms with Crippen molar-refractivity contribution in [3.05, 3.63) is 43.1 Å². The first-order valence-electron chi connectivity index (χ1n) is 8.96. The van der Waals surface area contributed by atoms with Crippen molar-refractivity contribution >= 4 is 39.5 Å². The van der Waals surface area contributed by atoms with Crippen LogP contribution in [0.1, 0.15) is 5.56 Å². The van der Waals surface area contributed by atoms with E-state index in [1.165, 1.54) is 6.33 Å². The van der Waals surface area contributed by atoms with Crippen LogP contribution in [0.2, 0.25) is 0 Å². The third kappa shape index (κ3) is 2.43. The van der Waals surface area contributed by atoms with Gasteiger partial charge in [-0.1, -0.05) is 0 Å². The van der Waals surface area contributed by atoms with Crippen molar-refractivity contribution in [1.29, 1.82) is 0 Å². The van der Waals surface area contributed by atoms with Crippen LogP contribution in [0, 0.1) is 0 Å². The largest absolute Gasteiger partial charge is 0.382 e. The lowest BCUT2D eigenvalue weighted by Crippen LogP contribution is -2.31. The first-order valence-corrected chi connectivity index (χ1v) is 8.96. The molecule has 0 saturated heterocycles. The Bertz CT molecular complexity index is 1420. The van der Waals surface area contributed by atoms with E-state index in [0.717, 1.165) is 39.2 Å². The number of nitrogens with zero attached hydrogens (tertiary/aromatic N) is 10. The van der Waals surface area contributed by atoms with Crippen molar-refractivity contribution in [1.82, 2.24) is 33.5 Å². The molecule has 5 aromatic heterocycles. The summed E-state index contributed by atoms with van der Waals surface area (Å²) >= 11 is 0. The maximum absolute atomic E-state index is 5.85. The fourth-order valence-corrected chi connectivity index (χ4v) is 3.73. The molecule has 6 rings (SSSR count). The second-order valence-electron chi connectivity index (χ2n) is 6.97. The fourth-order valence-electron chi connectivity index (χ4n) is 3.73. The summed E-state index contributed by atoms with van der Waals surface area (Å²) in [6.45, 7) is 0. The molecule has 0 bridgehead atoms. The minimum atomic E-state index is 0.505. The summed E-state index contributed by atoms with van der Waals surface area (Å²) < 4.78 is 7.92. The van der Waals surface area contributed by atoms with Crippen LogP contribution in [0.3, 0.4) is 0 Å². The van der Waals surface area contributed by atoms with Crippen molar-refractivity contribution in [3.8, 4) is 0 Å². The Morgan fingerprint density at radius 1 is 1.00 bits per heavy atom. The number of hydrazone groups is 1. The third-order valence-electron chi connectivity index (χ3n) is 4.99. The number of amidine groups is 1. The molecule has 6 heterocycles. The van der Waals surface area contributed by atoms with Crippen molar-refractivity contribution in [2.75, 3.05) is 12.1 Å². The van der Waals surface area contributed by atoms with Gasteiger partial charge in [0, 0.05) is 25.9 Å². The molecule has 0 aromatic carbocycles. The van der Waals surface area contributed by atoms with E-state index in [2.05, 4.69) is 25.0 Å². The van der Waals surface area contributed by atoms with Crippen LogP contribution in [-0.2, 0) is 21.1 Å². The van der Waals surface area contributed by atoms with Gasteiger partial charge in [-0.15, -0.1) is 0 Å². The highest BCUT2D eigenvalue weighted by atomic mass is 15.5. The lowest BCUT2D eigenvalue weighted by Gasteiger charge is -2.18. The molecule has 11 nitrogen and oxygen atoms in total. The van der Waals surface area contributed by atoms with E-state index in [0.29, 0.717) is 5.84 Å². The minimum Gasteiger partial charge on any atom is -0.382 e. The van der Waals surface area contributed by atoms with E-state index in [4.69, 9.17) is 5.73 Å². The molecule has 0 atom stereocenters. The van der Waals surface area contributed by atoms with E-state index < -0.39 is 0 Å². The van der Waals surface area contributed by atoms with Gasteiger partial charge in [0.15, 0.2) is 29.8 Å². The summed E-state index contributed by atoms with van der Waals surface area (Å²) in [5.74, 6) is 1.30. The molecule has 1 aliphatic rings. The molecule has 0 saturated carbocycles. The van der Waals surface area contributed by atoms with Crippen molar-refractivity contribution < 1.29 is 4.57 Å². The van der Waals surface area contributed by atoms with Gasteiger partial charge < -0.3 is 10.3 Å². The Hall–Kier alpha value is -4.02. The number of imidazole rings is 2. The van der Waals surface area contributed by atoms with Crippen molar-refractivity contribution in [2.45, 2.75) is 0 Å². The zero-order chi connectivity index (χ0) is 20.3. The Balaban J connectivity index is 0.000000125. The van der Waals surface area contributed by atoms with Crippen LogP contribution < -0.4 is 15.3 Å². The molecular formula is C18H20N11+. The van der Waals surface area contributed by atoms with Gasteiger partial charge in [0.1, 0.15) is 12.0 Å². The van der Waals surface area contributed by atoms with E-state index >= 15 is 0 Å². The van der Waals surface area contributed by atoms with E-state index in [9.17, 15) is 0 Å². The first-order chi connectivity index (χ1) is 14.0. The molecular weight excluding hydrogens is 370 g/mol. The van der Waals surface area contributed by atoms with Gasteiger partial charge >= 0.3 is 0 Å². The number of aryl methyl sites for hydroxylation is 3. The first kappa shape index (κ1) is 17.1. The zero-order valence-corrected chi connectivity index (χ0v) is 16.5. The van der Waals surface area contributed by atoms with E-state index in [1.807, 2.05) is 65.0 Å². The number of aromatic nitrogens is 8. The summed E-state index contributed by atoms with van der Waals surface area (Å²) in [6.07, 6.45) is 11.0. The molecule has 0 radical (unpaired) electrons. The van der Waals surface area contributed by atoms with Crippen LogP contribution in [0.15, 0.2) is 42.7 Å². The number of fused-ring (bicyclic) bond motifs is 3. The highest BCUT2D eigenvalue weighted by Crippen LogP contribution is 2.30. The summed E-state index contributed by atoms with van der Waals surface area (Å²) in [6, 6.07) is 0. The number of hydrogen-bond acceptors (Lipinski definition) is 7. The van der Waals surface area contributed by atoms with Gasteiger partial charge in [0.05, 0.1) is 31.9 Å². The smallest absolute Gasteiger partial charge is 0.260 e. The van der Waals surface area contributed by atoms with Gasteiger partial charge in [-0.05, 0) is 0 Å². The van der Waals surface area contributed by atoms with E-state index in [-0.39, 0.29) is 0 Å². The molecule has 1 aliphatic heterocycles. The van der Waals surface area contributed by atoms with E-state index in [1.54, 1.807) is 17.5 Å². The second kappa shape index (κ2) is 5.99. The molecule has 5 aromatic rings. The number of anilines is 1. The van der Waals surface area contributed by atoms with Gasteiger partial charge in [0.25, 0.3) is 5.65 Å². The maximum Gasteiger partial charge on any atom is 0.260 e. The Morgan fingerprint density at radius 3 is 2.66 bits per heavy atom. The van der Waals surface area contributed by atoms with Crippen LogP contribution in [0.4, 0.5) is 5.82 Å². The zero-order valence-electron chi connectivity index (χ0n) is 16.5. The van der Waals surface area contributed by atoms with Crippen LogP contribution in [0.5, 0.6) is 0 Å². The SMILES string of the molecule is CN1N=C(N)c2cn(C)c3ncnc1c23.Cn1cnc2c3nccn3c[n+](C)c21. The Morgan fingerprint density at radius 2 is 1.83 bits per heavy atom. The van der Waals surface area contributed by atoms with Gasteiger partial charge in [-0.3, -0.25) is 4.57 Å². The molecule has 0 fully saturated rings. The summed E-state index contributed by atoms with van der Waals surface area (Å²) in [5.41, 5.74) is 10.5. The monoisotopic (exact) mass is 390 g/mol. The molecule has 146 valence electrons. The van der Waals surface area contributed by atoms with Crippen LogP contribution >= 0.6 is 0 Å². The van der Waals surface area contributed by atoms with Gasteiger partial charge in [0.2, 0.25) is 5.65 Å². The average molecular weight is 390 g/mol. The Kier molecular flexibility index (Phi) is 3.53. The van der Waals surface area contributed by atoms with Crippen LogP contribution in [0.25, 0.3) is 27.8 Å². The second-order valence-corrected chi connectivity index (χ2v) is 6.97. The van der Waals surface area contributed by atoms with Gasteiger partial charge in [-0.25, -0.2) is 33.9 Å². The number of rotatable bonds is 0. The molecule has 0 spiro atoms. The predicted octanol–water partition coefficient (Wildman–Crippen LogP) is 0.0839. The lowest BCUT2D eigenvalue weighted by molar-refractivity contribution is -0.651. The molecule has 0 aliphatic carbocycles. The maximum atomic E-state index is 5.85. The van der Waals surface area contributed by atoms with Crippen LogP contribution in [-0.4, -0.2) is 46.4 Å². The summed E-state index contributed by atoms with van der Waals surface area (Å²) in [4.78, 5) is 17.0. The standard InChI is InChI=1S/C9H10N6.C9H10N5/c1-14-3-5-6-8(14)11-4-12-9(6)15(2)13-7(5)10;1-12-5-11-7-8-10-3-4-14(8)6-13(2)9(7)12/h3-4H,1-2H3,(H2,10,13);3-6H,1-2H3/q;+1. The highest BCUT2D eigenvalue weighted by Gasteiger charge is 2.22. The Labute approximate surface area is 165 Å². The van der Waals surface area contributed by atoms with Gasteiger partial charge in [-0.2, -0.15) is 5.10 Å². The predicted molar refractivity (Wildman–Crippen MR) is 108 cm³/mol. The average Bonchev–Trinajstić information content (AvgIpc) is 3.39. The van der Waals surface area contributed by atoms with Crippen molar-refractivity contribution in [3.63, 3.8) is 0 Å². The fraction of sp³-hybridized carbons (Fsp3) is 0.222. The molecule has 0 amide bonds. The number of nitrogens with two attached hydrogens (primary N) is 1. The quantitative estimate of drug-likeness (QED) is 0.375. The lowest BCUT2D eigenvalue weighted by atomic mass is 10.2. The normalized spacial score (nSPS) is 13.1. The van der Waals surface area contributed by atoms with Crippen molar-refractivity contribution in [2.24, 2.45) is 32.0 Å². The summed E-state index contributed by atoms with van der Waals surface area (Å²) in [5, 5.41) is 6.83. The topological polar surface area (TPSA) is 111 Å². The molecule has 0 unspecified atom stereocenters. The molecule has 29 heavy (non-hydrogen) atoms. The molecule has 2 N–H and O–H groups in total. The summed E-state index contributed by atoms with van der Waals surface area (Å²) in [7, 11) is 7.74. The third-order valence-corrected chi connectivity index (χ3v) is 4.99. The highest BCUT2D eigenvalue weighted by molar-refractivity contribution is 6.13. The number of hydrogen-bond donors (Lipinski definition) is 1. The molecule has 11 heteroatoms.